The molecule has 1 radical (unpaired) electrons. The Morgan fingerprint density at radius 3 is 2.57 bits per heavy atom. The van der Waals surface area contributed by atoms with Crippen molar-refractivity contribution >= 4 is 19.6 Å². The molecule has 0 spiro atoms. The van der Waals surface area contributed by atoms with Crippen LogP contribution in [0.25, 0.3) is 5.57 Å². The number of benzene rings is 1. The summed E-state index contributed by atoms with van der Waals surface area (Å²) in [6, 6.07) is 8.66. The average molecular weight is 197 g/mol. The maximum Gasteiger partial charge on any atom is 0.0800 e. The molecule has 1 heteroatoms. The Labute approximate surface area is 86.9 Å². The molecular formula is C13H13Si. The predicted octanol–water partition coefficient (Wildman–Crippen LogP) is 2.76. The molecule has 1 aromatic rings. The molecule has 0 heterocycles. The Kier molecular flexibility index (Phi) is 2.53. The smallest absolute Gasteiger partial charge is 0.0800 e. The molecule has 14 heavy (non-hydrogen) atoms. The van der Waals surface area contributed by atoms with Crippen LogP contribution in [0.2, 0.25) is 13.1 Å². The molecule has 0 amide bonds. The molecule has 0 saturated heterocycles. The van der Waals surface area contributed by atoms with Crippen LogP contribution in [0.5, 0.6) is 0 Å². The van der Waals surface area contributed by atoms with E-state index in [9.17, 15) is 0 Å². The van der Waals surface area contributed by atoms with Gasteiger partial charge in [-0.25, -0.2) is 0 Å². The predicted molar refractivity (Wildman–Crippen MR) is 64.2 cm³/mol. The highest BCUT2D eigenvalue weighted by Gasteiger charge is 2.09. The summed E-state index contributed by atoms with van der Waals surface area (Å²) in [5.41, 5.74) is 5.85. The van der Waals surface area contributed by atoms with Gasteiger partial charge in [-0.2, -0.15) is 0 Å². The van der Waals surface area contributed by atoms with Gasteiger partial charge in [0.05, 0.1) is 8.80 Å². The van der Waals surface area contributed by atoms with E-state index in [0.717, 1.165) is 0 Å². The topological polar surface area (TPSA) is 0 Å². The molecule has 69 valence electrons. The van der Waals surface area contributed by atoms with Crippen molar-refractivity contribution in [2.45, 2.75) is 13.1 Å². The maximum absolute atomic E-state index is 3.26. The van der Waals surface area contributed by atoms with E-state index in [0.29, 0.717) is 0 Å². The molecule has 0 aliphatic heterocycles. The lowest BCUT2D eigenvalue weighted by molar-refractivity contribution is 1.66. The zero-order valence-electron chi connectivity index (χ0n) is 8.54. The van der Waals surface area contributed by atoms with Gasteiger partial charge in [0.2, 0.25) is 0 Å². The van der Waals surface area contributed by atoms with Gasteiger partial charge >= 0.3 is 0 Å². The third-order valence-electron chi connectivity index (χ3n) is 2.35. The molecule has 1 aromatic carbocycles. The molecule has 0 aromatic heterocycles. The molecule has 0 N–H and O–H groups in total. The Morgan fingerprint density at radius 1 is 1.14 bits per heavy atom. The summed E-state index contributed by atoms with van der Waals surface area (Å²) in [5.74, 6) is 0. The van der Waals surface area contributed by atoms with Crippen LogP contribution in [0.15, 0.2) is 48.2 Å². The molecule has 0 atom stereocenters. The molecule has 0 bridgehead atoms. The summed E-state index contributed by atoms with van der Waals surface area (Å²) < 4.78 is 0. The second-order valence-electron chi connectivity index (χ2n) is 3.63. The third-order valence-corrected chi connectivity index (χ3v) is 3.87. The van der Waals surface area contributed by atoms with E-state index in [1.54, 1.807) is 0 Å². The zero-order chi connectivity index (χ0) is 9.97. The Hall–Kier alpha value is -1.30. The first kappa shape index (κ1) is 9.26. The largest absolute Gasteiger partial charge is 0.112 e. The number of rotatable bonds is 2. The number of hydrogen-bond acceptors (Lipinski definition) is 0. The zero-order valence-corrected chi connectivity index (χ0v) is 9.54. The van der Waals surface area contributed by atoms with E-state index >= 15 is 0 Å². The third kappa shape index (κ3) is 1.65. The van der Waals surface area contributed by atoms with Crippen molar-refractivity contribution in [3.8, 4) is 0 Å². The van der Waals surface area contributed by atoms with Gasteiger partial charge in [-0.05, 0) is 17.7 Å². The van der Waals surface area contributed by atoms with Crippen molar-refractivity contribution < 1.29 is 0 Å². The molecule has 0 nitrogen and oxygen atoms in total. The quantitative estimate of drug-likeness (QED) is 0.505. The second kappa shape index (κ2) is 3.83. The fraction of sp³-hybridized carbons (Fsp3) is 0.154. The average Bonchev–Trinajstić information content (AvgIpc) is 2.70. The SMILES string of the molecule is C[Si](C)c1ccccc1C1=C=CC=C1. The summed E-state index contributed by atoms with van der Waals surface area (Å²) in [4.78, 5) is 0. The molecule has 0 saturated carbocycles. The molecule has 1 aliphatic rings. The lowest BCUT2D eigenvalue weighted by atomic mass is 10.1. The van der Waals surface area contributed by atoms with Gasteiger partial charge in [0.25, 0.3) is 0 Å². The summed E-state index contributed by atoms with van der Waals surface area (Å²) in [7, 11) is -0.387. The highest BCUT2D eigenvalue weighted by atomic mass is 28.3. The van der Waals surface area contributed by atoms with Crippen LogP contribution in [0, 0.1) is 0 Å². The number of hydrogen-bond donors (Lipinski definition) is 0. The molecule has 0 unspecified atom stereocenters. The van der Waals surface area contributed by atoms with Crippen molar-refractivity contribution in [3.05, 3.63) is 53.8 Å². The van der Waals surface area contributed by atoms with E-state index in [1.807, 2.05) is 12.2 Å². The highest BCUT2D eigenvalue weighted by Crippen LogP contribution is 2.16. The Bertz CT molecular complexity index is 432. The van der Waals surface area contributed by atoms with E-state index in [1.165, 1.54) is 16.3 Å². The summed E-state index contributed by atoms with van der Waals surface area (Å²) in [5, 5.41) is 1.50. The van der Waals surface area contributed by atoms with Gasteiger partial charge in [0, 0.05) is 5.57 Å². The molecule has 2 rings (SSSR count). The van der Waals surface area contributed by atoms with Crippen molar-refractivity contribution in [2.24, 2.45) is 0 Å². The minimum Gasteiger partial charge on any atom is -0.112 e. The van der Waals surface area contributed by atoms with Crippen LogP contribution in [-0.2, 0) is 0 Å². The van der Waals surface area contributed by atoms with Crippen LogP contribution in [0.4, 0.5) is 0 Å². The minimum absolute atomic E-state index is 0.387. The first-order valence-electron chi connectivity index (χ1n) is 4.82. The Balaban J connectivity index is 2.52. The van der Waals surface area contributed by atoms with Gasteiger partial charge in [0.1, 0.15) is 0 Å². The molecule has 0 fully saturated rings. The van der Waals surface area contributed by atoms with Crippen molar-refractivity contribution in [1.29, 1.82) is 0 Å². The fourth-order valence-electron chi connectivity index (χ4n) is 1.65. The van der Waals surface area contributed by atoms with Crippen LogP contribution in [0.1, 0.15) is 5.56 Å². The van der Waals surface area contributed by atoms with Crippen molar-refractivity contribution in [2.75, 3.05) is 0 Å². The van der Waals surface area contributed by atoms with Gasteiger partial charge in [0.15, 0.2) is 0 Å². The lowest BCUT2D eigenvalue weighted by Gasteiger charge is -2.10. The van der Waals surface area contributed by atoms with Crippen molar-refractivity contribution in [1.82, 2.24) is 0 Å². The van der Waals surface area contributed by atoms with Crippen LogP contribution in [0.3, 0.4) is 0 Å². The van der Waals surface area contributed by atoms with Gasteiger partial charge in [-0.3, -0.25) is 0 Å². The number of allylic oxidation sites excluding steroid dienone is 3. The second-order valence-corrected chi connectivity index (χ2v) is 6.17. The van der Waals surface area contributed by atoms with Gasteiger partial charge < -0.3 is 0 Å². The summed E-state index contributed by atoms with van der Waals surface area (Å²) >= 11 is 0. The first-order valence-corrected chi connectivity index (χ1v) is 7.32. The monoisotopic (exact) mass is 197 g/mol. The van der Waals surface area contributed by atoms with Crippen LogP contribution < -0.4 is 5.19 Å². The van der Waals surface area contributed by atoms with Gasteiger partial charge in [-0.1, -0.05) is 48.6 Å². The van der Waals surface area contributed by atoms with Crippen LogP contribution >= 0.6 is 0 Å². The molecule has 1 aliphatic carbocycles. The standard InChI is InChI=1S/C13H13Si/c1-14(2)13-10-6-5-9-12(13)11-7-3-4-8-11/h3-7,9-10H,1-2H3. The fourth-order valence-corrected chi connectivity index (χ4v) is 2.84. The van der Waals surface area contributed by atoms with E-state index in [2.05, 4.69) is 49.2 Å². The first-order chi connectivity index (χ1) is 6.79. The van der Waals surface area contributed by atoms with Gasteiger partial charge in [-0.15, -0.1) is 5.73 Å². The molecular weight excluding hydrogens is 184 g/mol. The highest BCUT2D eigenvalue weighted by molar-refractivity contribution is 6.71. The lowest BCUT2D eigenvalue weighted by Crippen LogP contribution is -2.25. The Morgan fingerprint density at radius 2 is 1.93 bits per heavy atom. The normalized spacial score (nSPS) is 13.8. The van der Waals surface area contributed by atoms with Crippen molar-refractivity contribution in [3.63, 3.8) is 0 Å². The maximum atomic E-state index is 3.26. The van der Waals surface area contributed by atoms with Crippen LogP contribution in [-0.4, -0.2) is 8.80 Å². The van der Waals surface area contributed by atoms with E-state index < -0.39 is 0 Å². The van der Waals surface area contributed by atoms with E-state index in [4.69, 9.17) is 0 Å². The van der Waals surface area contributed by atoms with E-state index in [-0.39, 0.29) is 8.80 Å². The summed E-state index contributed by atoms with van der Waals surface area (Å²) in [6.45, 7) is 4.65. The summed E-state index contributed by atoms with van der Waals surface area (Å²) in [6.07, 6.45) is 6.15. The minimum atomic E-state index is -0.387.